The van der Waals surface area contributed by atoms with Crippen LogP contribution in [-0.2, 0) is 0 Å². The zero-order chi connectivity index (χ0) is 19.0. The van der Waals surface area contributed by atoms with Crippen LogP contribution in [0, 0.1) is 0 Å². The van der Waals surface area contributed by atoms with Crippen LogP contribution >= 0.6 is 7.92 Å². The average Bonchev–Trinajstić information content (AvgIpc) is 2.77. The number of nitrogens with one attached hydrogen (secondary N) is 1. The monoisotopic (exact) mass is 381 g/mol. The van der Waals surface area contributed by atoms with Gasteiger partial charge in [0.1, 0.15) is 5.82 Å². The smallest absolute Gasteiger partial charge is 0.146 e. The maximum Gasteiger partial charge on any atom is 0.146 e. The summed E-state index contributed by atoms with van der Waals surface area (Å²) >= 11 is 0. The van der Waals surface area contributed by atoms with E-state index in [4.69, 9.17) is 0 Å². The maximum absolute atomic E-state index is 4.42. The summed E-state index contributed by atoms with van der Waals surface area (Å²) in [6, 6.07) is 35.5. The second-order valence-corrected chi connectivity index (χ2v) is 8.34. The van der Waals surface area contributed by atoms with Crippen molar-refractivity contribution in [1.82, 2.24) is 4.98 Å². The molecule has 0 spiro atoms. The highest BCUT2D eigenvalue weighted by Crippen LogP contribution is 2.33. The van der Waals surface area contributed by atoms with Crippen molar-refractivity contribution in [3.63, 3.8) is 0 Å². The van der Waals surface area contributed by atoms with Gasteiger partial charge in [0, 0.05) is 11.8 Å². The third kappa shape index (κ3) is 4.33. The van der Waals surface area contributed by atoms with Crippen LogP contribution < -0.4 is 21.3 Å². The summed E-state index contributed by atoms with van der Waals surface area (Å²) in [5, 5.41) is 8.34. The molecule has 1 aromatic heterocycles. The molecule has 0 amide bonds. The van der Waals surface area contributed by atoms with Crippen molar-refractivity contribution in [2.24, 2.45) is 5.10 Å². The zero-order valence-electron chi connectivity index (χ0n) is 15.3. The number of nitrogens with zero attached hydrogens (tertiary/aromatic N) is 2. The SMILES string of the molecule is C(=N\Nc1ccccn1)/c1ccccc1P(c1ccccc1)c1ccccc1. The number of benzene rings is 3. The zero-order valence-corrected chi connectivity index (χ0v) is 16.2. The van der Waals surface area contributed by atoms with E-state index >= 15 is 0 Å². The van der Waals surface area contributed by atoms with Gasteiger partial charge in [-0.15, -0.1) is 0 Å². The molecule has 1 N–H and O–H groups in total. The molecule has 1 heterocycles. The minimum atomic E-state index is -0.672. The van der Waals surface area contributed by atoms with Crippen LogP contribution in [0.15, 0.2) is 114 Å². The first-order valence-electron chi connectivity index (χ1n) is 9.11. The van der Waals surface area contributed by atoms with E-state index in [1.165, 1.54) is 15.9 Å². The highest BCUT2D eigenvalue weighted by atomic mass is 31.1. The lowest BCUT2D eigenvalue weighted by molar-refractivity contribution is 1.23. The average molecular weight is 381 g/mol. The van der Waals surface area contributed by atoms with Gasteiger partial charge in [0.05, 0.1) is 6.21 Å². The summed E-state index contributed by atoms with van der Waals surface area (Å²) < 4.78 is 0. The van der Waals surface area contributed by atoms with Gasteiger partial charge in [0.25, 0.3) is 0 Å². The molecule has 0 aliphatic rings. The van der Waals surface area contributed by atoms with Crippen molar-refractivity contribution in [1.29, 1.82) is 0 Å². The number of hydrogen-bond acceptors (Lipinski definition) is 3. The van der Waals surface area contributed by atoms with Gasteiger partial charge in [-0.3, -0.25) is 5.43 Å². The molecule has 0 unspecified atom stereocenters. The lowest BCUT2D eigenvalue weighted by Gasteiger charge is -2.21. The van der Waals surface area contributed by atoms with Crippen LogP contribution in [-0.4, -0.2) is 11.2 Å². The van der Waals surface area contributed by atoms with E-state index in [0.717, 1.165) is 11.4 Å². The van der Waals surface area contributed by atoms with E-state index in [0.29, 0.717) is 0 Å². The summed E-state index contributed by atoms with van der Waals surface area (Å²) in [6.07, 6.45) is 3.63. The number of hydrogen-bond donors (Lipinski definition) is 1. The molecule has 4 aromatic rings. The fourth-order valence-electron chi connectivity index (χ4n) is 2.98. The first-order chi connectivity index (χ1) is 13.9. The quantitative estimate of drug-likeness (QED) is 0.307. The molecule has 3 aromatic carbocycles. The minimum absolute atomic E-state index is 0.672. The Bertz CT molecular complexity index is 995. The topological polar surface area (TPSA) is 37.3 Å². The molecule has 0 saturated heterocycles. The van der Waals surface area contributed by atoms with Crippen molar-refractivity contribution >= 4 is 35.9 Å². The molecule has 4 rings (SSSR count). The van der Waals surface area contributed by atoms with Crippen molar-refractivity contribution in [3.05, 3.63) is 115 Å². The molecule has 0 saturated carbocycles. The van der Waals surface area contributed by atoms with Crippen LogP contribution in [0.25, 0.3) is 0 Å². The normalized spacial score (nSPS) is 11.0. The fraction of sp³-hybridized carbons (Fsp3) is 0. The van der Waals surface area contributed by atoms with E-state index in [2.05, 4.69) is 100 Å². The Hall–Kier alpha value is -3.29. The van der Waals surface area contributed by atoms with E-state index in [-0.39, 0.29) is 0 Å². The van der Waals surface area contributed by atoms with Gasteiger partial charge in [-0.1, -0.05) is 91.0 Å². The van der Waals surface area contributed by atoms with E-state index in [1.54, 1.807) is 6.20 Å². The van der Waals surface area contributed by atoms with Crippen molar-refractivity contribution < 1.29 is 0 Å². The van der Waals surface area contributed by atoms with Gasteiger partial charge in [-0.25, -0.2) is 4.98 Å². The van der Waals surface area contributed by atoms with Crippen LogP contribution in [0.1, 0.15) is 5.56 Å². The summed E-state index contributed by atoms with van der Waals surface area (Å²) in [4.78, 5) is 4.24. The molecule has 28 heavy (non-hydrogen) atoms. The van der Waals surface area contributed by atoms with E-state index in [9.17, 15) is 0 Å². The third-order valence-electron chi connectivity index (χ3n) is 4.25. The lowest BCUT2D eigenvalue weighted by atomic mass is 10.2. The van der Waals surface area contributed by atoms with Crippen molar-refractivity contribution in [2.75, 3.05) is 5.43 Å². The summed E-state index contributed by atoms with van der Waals surface area (Å²) in [6.45, 7) is 0. The highest BCUT2D eigenvalue weighted by Gasteiger charge is 2.18. The Labute approximate surface area is 166 Å². The number of aromatic nitrogens is 1. The molecule has 3 nitrogen and oxygen atoms in total. The summed E-state index contributed by atoms with van der Waals surface area (Å²) in [5.74, 6) is 0.726. The first kappa shape index (κ1) is 18.1. The largest absolute Gasteiger partial charge is 0.261 e. The molecular weight excluding hydrogens is 361 g/mol. The van der Waals surface area contributed by atoms with E-state index in [1.807, 2.05) is 24.4 Å². The Morgan fingerprint density at radius 2 is 1.29 bits per heavy atom. The van der Waals surface area contributed by atoms with Crippen molar-refractivity contribution in [2.45, 2.75) is 0 Å². The Kier molecular flexibility index (Phi) is 5.86. The molecule has 0 bridgehead atoms. The first-order valence-corrected chi connectivity index (χ1v) is 10.5. The molecule has 4 heteroatoms. The number of anilines is 1. The van der Waals surface area contributed by atoms with Crippen LogP contribution in [0.5, 0.6) is 0 Å². The predicted molar refractivity (Wildman–Crippen MR) is 121 cm³/mol. The molecule has 0 aliphatic carbocycles. The molecule has 0 aliphatic heterocycles. The summed E-state index contributed by atoms with van der Waals surface area (Å²) in [5.41, 5.74) is 4.11. The summed E-state index contributed by atoms with van der Waals surface area (Å²) in [7, 11) is -0.672. The Balaban J connectivity index is 1.71. The third-order valence-corrected chi connectivity index (χ3v) is 6.77. The molecule has 0 atom stereocenters. The van der Waals surface area contributed by atoms with Crippen LogP contribution in [0.2, 0.25) is 0 Å². The number of hydrazone groups is 1. The molecule has 136 valence electrons. The Morgan fingerprint density at radius 1 is 0.679 bits per heavy atom. The maximum atomic E-state index is 4.42. The highest BCUT2D eigenvalue weighted by molar-refractivity contribution is 7.80. The van der Waals surface area contributed by atoms with Gasteiger partial charge >= 0.3 is 0 Å². The van der Waals surface area contributed by atoms with Crippen LogP contribution in [0.3, 0.4) is 0 Å². The van der Waals surface area contributed by atoms with E-state index < -0.39 is 7.92 Å². The lowest BCUT2D eigenvalue weighted by Crippen LogP contribution is -2.23. The number of pyridine rings is 1. The van der Waals surface area contributed by atoms with Gasteiger partial charge in [-0.05, 0) is 36.0 Å². The molecule has 0 fully saturated rings. The second kappa shape index (κ2) is 9.07. The molecule has 0 radical (unpaired) electrons. The minimum Gasteiger partial charge on any atom is -0.261 e. The van der Waals surface area contributed by atoms with Crippen molar-refractivity contribution in [3.8, 4) is 0 Å². The molecular formula is C24H20N3P. The number of rotatable bonds is 6. The fourth-order valence-corrected chi connectivity index (χ4v) is 5.40. The van der Waals surface area contributed by atoms with Crippen LogP contribution in [0.4, 0.5) is 5.82 Å². The second-order valence-electron chi connectivity index (χ2n) is 6.15. The van der Waals surface area contributed by atoms with Gasteiger partial charge < -0.3 is 0 Å². The Morgan fingerprint density at radius 3 is 1.93 bits per heavy atom. The standard InChI is InChI=1S/C24H20N3P/c1-3-12-21(13-4-1)28(22-14-5-2-6-15-22)23-16-8-7-11-20(23)19-26-27-24-17-9-10-18-25-24/h1-19H,(H,25,27)/b26-19+. The van der Waals surface area contributed by atoms with Gasteiger partial charge in [-0.2, -0.15) is 5.10 Å². The van der Waals surface area contributed by atoms with Gasteiger partial charge in [0.15, 0.2) is 0 Å². The predicted octanol–water partition coefficient (Wildman–Crippen LogP) is 4.29. The van der Waals surface area contributed by atoms with Gasteiger partial charge in [0.2, 0.25) is 0 Å².